The number of nitrogens with one attached hydrogen (secondary N) is 1. The van der Waals surface area contributed by atoms with Crippen molar-refractivity contribution in [3.8, 4) is 0 Å². The van der Waals surface area contributed by atoms with Crippen molar-refractivity contribution in [2.75, 3.05) is 32.4 Å². The van der Waals surface area contributed by atoms with Crippen molar-refractivity contribution in [3.05, 3.63) is 65.5 Å². The lowest BCUT2D eigenvalue weighted by molar-refractivity contribution is -0.546. The molecule has 1 saturated carbocycles. The standard InChI is InChI=1S/C23H25F3N4S/c1-29-20(16-6-3-2-4-7-16)28-21(29)31-11-5-10-30-14-18-12-22(18,15-30)17-8-9-19(27-13-17)23(24,25)26/h2-4,6-9,13,18,21H,5,10-12,14-15H2,1H3/p+1. The zero-order valence-electron chi connectivity index (χ0n) is 17.4. The fraction of sp³-hybridized carbons (Fsp3) is 0.478. The molecule has 1 aliphatic carbocycles. The molecule has 3 unspecified atom stereocenters. The van der Waals surface area contributed by atoms with Gasteiger partial charge in [-0.05, 0) is 49.1 Å². The first-order valence-electron chi connectivity index (χ1n) is 10.7. The van der Waals surface area contributed by atoms with Crippen LogP contribution in [0.5, 0.6) is 0 Å². The van der Waals surface area contributed by atoms with E-state index in [9.17, 15) is 13.2 Å². The Kier molecular flexibility index (Phi) is 5.25. The molecule has 2 fully saturated rings. The summed E-state index contributed by atoms with van der Waals surface area (Å²) in [5, 5.41) is 3.54. The van der Waals surface area contributed by atoms with Crippen LogP contribution >= 0.6 is 11.8 Å². The van der Waals surface area contributed by atoms with Crippen molar-refractivity contribution in [3.63, 3.8) is 0 Å². The molecule has 0 amide bonds. The Morgan fingerprint density at radius 2 is 2.03 bits per heavy atom. The highest BCUT2D eigenvalue weighted by Crippen LogP contribution is 2.58. The summed E-state index contributed by atoms with van der Waals surface area (Å²) in [6, 6.07) is 13.1. The zero-order valence-corrected chi connectivity index (χ0v) is 18.2. The molecule has 0 spiro atoms. The van der Waals surface area contributed by atoms with E-state index in [1.807, 2.05) is 30.0 Å². The predicted molar refractivity (Wildman–Crippen MR) is 116 cm³/mol. The van der Waals surface area contributed by atoms with Gasteiger partial charge in [-0.25, -0.2) is 9.89 Å². The second-order valence-corrected chi connectivity index (χ2v) is 9.96. The minimum absolute atomic E-state index is 0.0273. The molecule has 3 atom stereocenters. The summed E-state index contributed by atoms with van der Waals surface area (Å²) in [6.45, 7) is 3.01. The SMILES string of the molecule is C[N+]1=C(c2ccccc2)NC1SCCCN1CC2CC2(c2ccc(C(F)(F)F)nc2)C1. The minimum atomic E-state index is -4.37. The highest BCUT2D eigenvalue weighted by Gasteiger charge is 2.60. The highest BCUT2D eigenvalue weighted by molar-refractivity contribution is 7.99. The normalized spacial score (nSPS) is 27.6. The molecule has 4 nitrogen and oxygen atoms in total. The maximum Gasteiger partial charge on any atom is 0.433 e. The van der Waals surface area contributed by atoms with Crippen LogP contribution in [-0.2, 0) is 11.6 Å². The van der Waals surface area contributed by atoms with Gasteiger partial charge in [-0.15, -0.1) is 0 Å². The summed E-state index contributed by atoms with van der Waals surface area (Å²) >= 11 is 1.92. The Morgan fingerprint density at radius 3 is 2.71 bits per heavy atom. The summed E-state index contributed by atoms with van der Waals surface area (Å²) < 4.78 is 40.6. The van der Waals surface area contributed by atoms with E-state index in [2.05, 4.69) is 39.0 Å². The largest absolute Gasteiger partial charge is 0.433 e. The molecule has 1 saturated heterocycles. The van der Waals surface area contributed by atoms with Gasteiger partial charge >= 0.3 is 6.18 Å². The molecule has 164 valence electrons. The van der Waals surface area contributed by atoms with E-state index in [0.717, 1.165) is 49.9 Å². The first-order valence-corrected chi connectivity index (χ1v) is 11.7. The van der Waals surface area contributed by atoms with Crippen LogP contribution in [0, 0.1) is 5.92 Å². The molecule has 2 aromatic rings. The monoisotopic (exact) mass is 447 g/mol. The number of nitrogens with zero attached hydrogens (tertiary/aromatic N) is 3. The van der Waals surface area contributed by atoms with Crippen molar-refractivity contribution >= 4 is 17.6 Å². The van der Waals surface area contributed by atoms with E-state index in [-0.39, 0.29) is 5.41 Å². The molecule has 0 radical (unpaired) electrons. The average Bonchev–Trinajstić information content (AvgIpc) is 3.34. The summed E-state index contributed by atoms with van der Waals surface area (Å²) in [5.74, 6) is 2.80. The molecule has 0 bridgehead atoms. The molecule has 1 aromatic heterocycles. The van der Waals surface area contributed by atoms with Crippen molar-refractivity contribution in [1.82, 2.24) is 15.2 Å². The summed E-state index contributed by atoms with van der Waals surface area (Å²) in [5.41, 5.74) is 1.71. The van der Waals surface area contributed by atoms with Gasteiger partial charge in [-0.1, -0.05) is 36.0 Å². The molecule has 1 aromatic carbocycles. The van der Waals surface area contributed by atoms with Crippen LogP contribution in [0.25, 0.3) is 0 Å². The van der Waals surface area contributed by atoms with Crippen molar-refractivity contribution in [2.24, 2.45) is 5.92 Å². The Labute approximate surface area is 184 Å². The van der Waals surface area contributed by atoms with E-state index in [1.54, 1.807) is 6.07 Å². The topological polar surface area (TPSA) is 31.2 Å². The maximum absolute atomic E-state index is 12.8. The van der Waals surface area contributed by atoms with E-state index in [1.165, 1.54) is 17.6 Å². The number of alkyl halides is 3. The molecule has 1 N–H and O–H groups in total. The van der Waals surface area contributed by atoms with Crippen LogP contribution in [-0.4, -0.2) is 58.2 Å². The number of fused-ring (bicyclic) bond motifs is 1. The highest BCUT2D eigenvalue weighted by atomic mass is 32.2. The number of likely N-dealkylation sites (tertiary alicyclic amines) is 1. The molecule has 8 heteroatoms. The number of aromatic nitrogens is 1. The van der Waals surface area contributed by atoms with Gasteiger partial charge < -0.3 is 4.90 Å². The second-order valence-electron chi connectivity index (χ2n) is 8.77. The third kappa shape index (κ3) is 3.96. The Morgan fingerprint density at radius 1 is 1.23 bits per heavy atom. The third-order valence-corrected chi connectivity index (χ3v) is 8.03. The first kappa shape index (κ1) is 20.8. The summed E-state index contributed by atoms with van der Waals surface area (Å²) in [7, 11) is 2.12. The van der Waals surface area contributed by atoms with Crippen molar-refractivity contribution in [2.45, 2.75) is 29.9 Å². The third-order valence-electron chi connectivity index (χ3n) is 6.75. The van der Waals surface area contributed by atoms with E-state index in [0.29, 0.717) is 11.4 Å². The average molecular weight is 448 g/mol. The van der Waals surface area contributed by atoms with Crippen LogP contribution in [0.1, 0.15) is 29.7 Å². The number of halogens is 3. The Bertz CT molecular complexity index is 977. The Hall–Kier alpha value is -2.06. The molecule has 3 aliphatic rings. The number of amidine groups is 1. The van der Waals surface area contributed by atoms with Crippen molar-refractivity contribution < 1.29 is 17.7 Å². The van der Waals surface area contributed by atoms with E-state index >= 15 is 0 Å². The van der Waals surface area contributed by atoms with Gasteiger partial charge in [0.25, 0.3) is 11.3 Å². The molecule has 2 aliphatic heterocycles. The summed E-state index contributed by atoms with van der Waals surface area (Å²) in [4.78, 5) is 6.14. The second kappa shape index (κ2) is 7.81. The first-order chi connectivity index (χ1) is 14.9. The number of hydrogen-bond donors (Lipinski definition) is 1. The predicted octanol–water partition coefficient (Wildman–Crippen LogP) is 3.77. The van der Waals surface area contributed by atoms with E-state index < -0.39 is 11.9 Å². The number of piperidine rings is 1. The van der Waals surface area contributed by atoms with Crippen molar-refractivity contribution in [1.29, 1.82) is 0 Å². The lowest BCUT2D eigenvalue weighted by atomic mass is 9.96. The fourth-order valence-corrected chi connectivity index (χ4v) is 5.99. The van der Waals surface area contributed by atoms with Gasteiger partial charge in [0.2, 0.25) is 0 Å². The lowest BCUT2D eigenvalue weighted by Gasteiger charge is -2.26. The number of hydrogen-bond acceptors (Lipinski definition) is 4. The van der Waals surface area contributed by atoms with Gasteiger partial charge in [0, 0.05) is 30.5 Å². The van der Waals surface area contributed by atoms with Gasteiger partial charge in [0.05, 0.1) is 12.6 Å². The maximum atomic E-state index is 12.8. The van der Waals surface area contributed by atoms with Crippen LogP contribution < -0.4 is 5.32 Å². The minimum Gasteiger partial charge on any atom is -0.302 e. The van der Waals surface area contributed by atoms with Gasteiger partial charge in [-0.3, -0.25) is 4.98 Å². The van der Waals surface area contributed by atoms with Gasteiger partial charge in [0.15, 0.2) is 0 Å². The number of rotatable bonds is 7. The number of thioether (sulfide) groups is 1. The number of pyridine rings is 1. The Balaban J connectivity index is 1.08. The summed E-state index contributed by atoms with van der Waals surface area (Å²) in [6.07, 6.45) is -0.756. The van der Waals surface area contributed by atoms with Crippen LogP contribution in [0.3, 0.4) is 0 Å². The van der Waals surface area contributed by atoms with Gasteiger partial charge in [-0.2, -0.15) is 13.2 Å². The van der Waals surface area contributed by atoms with E-state index in [4.69, 9.17) is 0 Å². The molecule has 5 rings (SSSR count). The smallest absolute Gasteiger partial charge is 0.302 e. The molecule has 3 heterocycles. The van der Waals surface area contributed by atoms with Crippen LogP contribution in [0.15, 0.2) is 48.7 Å². The van der Waals surface area contributed by atoms with Crippen LogP contribution in [0.2, 0.25) is 0 Å². The number of benzene rings is 1. The van der Waals surface area contributed by atoms with Crippen LogP contribution in [0.4, 0.5) is 13.2 Å². The van der Waals surface area contributed by atoms with Gasteiger partial charge in [0.1, 0.15) is 5.69 Å². The molecular weight excluding hydrogens is 421 g/mol. The zero-order chi connectivity index (χ0) is 21.6. The fourth-order valence-electron chi connectivity index (χ4n) is 4.95. The lowest BCUT2D eigenvalue weighted by Crippen LogP contribution is -2.56. The quantitative estimate of drug-likeness (QED) is 0.517. The molecule has 31 heavy (non-hydrogen) atoms. The molecular formula is C23H26F3N4S+.